The normalized spacial score (nSPS) is 10.9. The van der Waals surface area contributed by atoms with E-state index in [0.717, 1.165) is 31.6 Å². The molecule has 4 rings (SSSR count). The average molecular weight is 421 g/mol. The zero-order valence-corrected chi connectivity index (χ0v) is 16.3. The number of fused-ring (bicyclic) bond motifs is 2. The first-order valence-electron chi connectivity index (χ1n) is 8.58. The molecule has 0 aromatic heterocycles. The van der Waals surface area contributed by atoms with Crippen LogP contribution in [0.2, 0.25) is 0 Å². The number of carbonyl (C=O) groups excluding carboxylic acids is 1. The molecule has 0 bridgehead atoms. The van der Waals surface area contributed by atoms with E-state index >= 15 is 0 Å². The van der Waals surface area contributed by atoms with Crippen molar-refractivity contribution >= 4 is 43.4 Å². The second-order valence-electron chi connectivity index (χ2n) is 6.27. The predicted octanol–water partition coefficient (Wildman–Crippen LogP) is 5.91. The number of esters is 1. The molecule has 4 aromatic rings. The van der Waals surface area contributed by atoms with Crippen molar-refractivity contribution in [2.75, 3.05) is 7.11 Å². The van der Waals surface area contributed by atoms with Crippen molar-refractivity contribution in [2.45, 2.75) is 6.42 Å². The number of halogens is 1. The Bertz CT molecular complexity index is 1150. The van der Waals surface area contributed by atoms with Gasteiger partial charge in [0.1, 0.15) is 11.5 Å². The maximum atomic E-state index is 12.6. The van der Waals surface area contributed by atoms with Crippen molar-refractivity contribution < 1.29 is 14.3 Å². The van der Waals surface area contributed by atoms with Gasteiger partial charge in [-0.1, -0.05) is 58.4 Å². The molecule has 27 heavy (non-hydrogen) atoms. The SMILES string of the molecule is COc1ccc2cc(Br)ccc2c1CC(=O)Oc1ccc2ccccc2c1. The van der Waals surface area contributed by atoms with Crippen LogP contribution >= 0.6 is 15.9 Å². The molecule has 0 N–H and O–H groups in total. The Labute approximate surface area is 165 Å². The Hall–Kier alpha value is -2.85. The van der Waals surface area contributed by atoms with Crippen LogP contribution in [0.1, 0.15) is 5.56 Å². The molecule has 0 aliphatic heterocycles. The fourth-order valence-electron chi connectivity index (χ4n) is 3.26. The molecular formula is C23H17BrO3. The van der Waals surface area contributed by atoms with Crippen LogP contribution in [-0.2, 0) is 11.2 Å². The summed E-state index contributed by atoms with van der Waals surface area (Å²) in [6.07, 6.45) is 0.134. The minimum absolute atomic E-state index is 0.134. The van der Waals surface area contributed by atoms with E-state index in [1.807, 2.05) is 72.8 Å². The van der Waals surface area contributed by atoms with Gasteiger partial charge in [0.15, 0.2) is 0 Å². The predicted molar refractivity (Wildman–Crippen MR) is 111 cm³/mol. The van der Waals surface area contributed by atoms with E-state index in [1.54, 1.807) is 7.11 Å². The van der Waals surface area contributed by atoms with Gasteiger partial charge in [-0.15, -0.1) is 0 Å². The number of hydrogen-bond acceptors (Lipinski definition) is 3. The number of methoxy groups -OCH3 is 1. The van der Waals surface area contributed by atoms with E-state index in [0.29, 0.717) is 11.5 Å². The van der Waals surface area contributed by atoms with Crippen molar-refractivity contribution in [1.82, 2.24) is 0 Å². The highest BCUT2D eigenvalue weighted by molar-refractivity contribution is 9.10. The molecule has 134 valence electrons. The Morgan fingerprint density at radius 1 is 0.889 bits per heavy atom. The van der Waals surface area contributed by atoms with Crippen molar-refractivity contribution in [1.29, 1.82) is 0 Å². The van der Waals surface area contributed by atoms with Gasteiger partial charge < -0.3 is 9.47 Å². The summed E-state index contributed by atoms with van der Waals surface area (Å²) in [6.45, 7) is 0. The van der Waals surface area contributed by atoms with Gasteiger partial charge >= 0.3 is 5.97 Å². The lowest BCUT2D eigenvalue weighted by atomic mass is 10.0. The molecule has 0 unspecified atom stereocenters. The monoisotopic (exact) mass is 420 g/mol. The van der Waals surface area contributed by atoms with Gasteiger partial charge in [-0.2, -0.15) is 0 Å². The van der Waals surface area contributed by atoms with Crippen LogP contribution in [0, 0.1) is 0 Å². The lowest BCUT2D eigenvalue weighted by molar-refractivity contribution is -0.133. The number of hydrogen-bond donors (Lipinski definition) is 0. The molecule has 0 aliphatic carbocycles. The summed E-state index contributed by atoms with van der Waals surface area (Å²) in [4.78, 5) is 12.6. The Morgan fingerprint density at radius 2 is 1.67 bits per heavy atom. The molecule has 0 fully saturated rings. The van der Waals surface area contributed by atoms with Crippen LogP contribution in [0.5, 0.6) is 11.5 Å². The third-order valence-corrected chi connectivity index (χ3v) is 5.04. The average Bonchev–Trinajstić information content (AvgIpc) is 2.68. The zero-order valence-electron chi connectivity index (χ0n) is 14.7. The highest BCUT2D eigenvalue weighted by atomic mass is 79.9. The quantitative estimate of drug-likeness (QED) is 0.304. The van der Waals surface area contributed by atoms with Crippen molar-refractivity contribution in [2.24, 2.45) is 0 Å². The maximum absolute atomic E-state index is 12.6. The minimum atomic E-state index is -0.320. The second kappa shape index (κ2) is 7.41. The van der Waals surface area contributed by atoms with Gasteiger partial charge in [0.25, 0.3) is 0 Å². The first-order valence-corrected chi connectivity index (χ1v) is 9.38. The topological polar surface area (TPSA) is 35.5 Å². The smallest absolute Gasteiger partial charge is 0.315 e. The number of rotatable bonds is 4. The molecule has 0 amide bonds. The van der Waals surface area contributed by atoms with E-state index < -0.39 is 0 Å². The van der Waals surface area contributed by atoms with E-state index in [4.69, 9.17) is 9.47 Å². The van der Waals surface area contributed by atoms with Crippen molar-refractivity contribution in [3.05, 3.63) is 82.8 Å². The minimum Gasteiger partial charge on any atom is -0.496 e. The lowest BCUT2D eigenvalue weighted by Gasteiger charge is -2.12. The highest BCUT2D eigenvalue weighted by Crippen LogP contribution is 2.31. The van der Waals surface area contributed by atoms with Crippen LogP contribution in [0.3, 0.4) is 0 Å². The number of carbonyl (C=O) groups is 1. The molecule has 0 spiro atoms. The third kappa shape index (κ3) is 3.67. The summed E-state index contributed by atoms with van der Waals surface area (Å²) in [6, 6.07) is 23.5. The zero-order chi connectivity index (χ0) is 18.8. The Morgan fingerprint density at radius 3 is 2.48 bits per heavy atom. The first kappa shape index (κ1) is 17.6. The standard InChI is InChI=1S/C23H17BrO3/c1-26-22-11-7-17-12-18(24)8-10-20(17)21(22)14-23(25)27-19-9-6-15-4-2-3-5-16(15)13-19/h2-13H,14H2,1H3. The molecular weight excluding hydrogens is 404 g/mol. The third-order valence-electron chi connectivity index (χ3n) is 4.54. The lowest BCUT2D eigenvalue weighted by Crippen LogP contribution is -2.12. The summed E-state index contributed by atoms with van der Waals surface area (Å²) >= 11 is 3.48. The molecule has 3 nitrogen and oxygen atoms in total. The fraction of sp³-hybridized carbons (Fsp3) is 0.0870. The van der Waals surface area contributed by atoms with Crippen LogP contribution in [0.4, 0.5) is 0 Å². The molecule has 0 saturated carbocycles. The summed E-state index contributed by atoms with van der Waals surface area (Å²) in [7, 11) is 1.61. The van der Waals surface area contributed by atoms with Gasteiger partial charge in [-0.25, -0.2) is 0 Å². The van der Waals surface area contributed by atoms with E-state index in [-0.39, 0.29) is 12.4 Å². The van der Waals surface area contributed by atoms with Gasteiger partial charge in [0, 0.05) is 10.0 Å². The van der Waals surface area contributed by atoms with E-state index in [2.05, 4.69) is 15.9 Å². The summed E-state index contributed by atoms with van der Waals surface area (Å²) in [5.74, 6) is 0.903. The highest BCUT2D eigenvalue weighted by Gasteiger charge is 2.15. The first-order chi connectivity index (χ1) is 13.1. The number of ether oxygens (including phenoxy) is 2. The molecule has 0 aliphatic rings. The molecule has 4 aromatic carbocycles. The van der Waals surface area contributed by atoms with Crippen molar-refractivity contribution in [3.63, 3.8) is 0 Å². The van der Waals surface area contributed by atoms with E-state index in [9.17, 15) is 4.79 Å². The van der Waals surface area contributed by atoms with Crippen molar-refractivity contribution in [3.8, 4) is 11.5 Å². The second-order valence-corrected chi connectivity index (χ2v) is 7.19. The molecule has 0 saturated heterocycles. The van der Waals surface area contributed by atoms with Crippen LogP contribution in [-0.4, -0.2) is 13.1 Å². The Kier molecular flexibility index (Phi) is 4.82. The van der Waals surface area contributed by atoms with E-state index in [1.165, 1.54) is 0 Å². The fourth-order valence-corrected chi connectivity index (χ4v) is 3.64. The molecule has 0 heterocycles. The van der Waals surface area contributed by atoms with Crippen LogP contribution in [0.25, 0.3) is 21.5 Å². The largest absolute Gasteiger partial charge is 0.496 e. The molecule has 0 atom stereocenters. The van der Waals surface area contributed by atoms with Gasteiger partial charge in [-0.05, 0) is 51.9 Å². The summed E-state index contributed by atoms with van der Waals surface area (Å²) in [5, 5.41) is 4.17. The van der Waals surface area contributed by atoms with Gasteiger partial charge in [-0.3, -0.25) is 4.79 Å². The molecule has 0 radical (unpaired) electrons. The molecule has 4 heteroatoms. The number of benzene rings is 4. The van der Waals surface area contributed by atoms with Gasteiger partial charge in [0.05, 0.1) is 13.5 Å². The summed E-state index contributed by atoms with van der Waals surface area (Å²) in [5.41, 5.74) is 0.827. The van der Waals surface area contributed by atoms with Crippen LogP contribution in [0.15, 0.2) is 77.3 Å². The summed E-state index contributed by atoms with van der Waals surface area (Å²) < 4.78 is 12.1. The van der Waals surface area contributed by atoms with Gasteiger partial charge in [0.2, 0.25) is 0 Å². The van der Waals surface area contributed by atoms with Crippen LogP contribution < -0.4 is 9.47 Å². The maximum Gasteiger partial charge on any atom is 0.315 e. The Balaban J connectivity index is 1.63.